The number of nitro groups is 1. The van der Waals surface area contributed by atoms with Gasteiger partial charge in [0, 0.05) is 17.3 Å². The van der Waals surface area contributed by atoms with Crippen molar-refractivity contribution in [2.24, 2.45) is 11.7 Å². The van der Waals surface area contributed by atoms with Gasteiger partial charge in [-0.3, -0.25) is 10.1 Å². The van der Waals surface area contributed by atoms with Gasteiger partial charge in [0.1, 0.15) is 5.69 Å². The van der Waals surface area contributed by atoms with E-state index in [-0.39, 0.29) is 35.7 Å². The Hall–Kier alpha value is -3.24. The average Bonchev–Trinajstić information content (AvgIpc) is 2.60. The van der Waals surface area contributed by atoms with E-state index in [1.54, 1.807) is 0 Å². The highest BCUT2D eigenvalue weighted by atomic mass is 19.4. The van der Waals surface area contributed by atoms with Crippen molar-refractivity contribution in [2.75, 3.05) is 4.90 Å². The number of nitrogens with two attached hydrogens (primary N) is 1. The van der Waals surface area contributed by atoms with Gasteiger partial charge >= 0.3 is 12.2 Å². The first-order valence-corrected chi connectivity index (χ1v) is 8.39. The van der Waals surface area contributed by atoms with Crippen molar-refractivity contribution in [1.29, 1.82) is 0 Å². The lowest BCUT2D eigenvalue weighted by Gasteiger charge is -2.26. The normalized spacial score (nSPS) is 16.4. The predicted octanol–water partition coefficient (Wildman–Crippen LogP) is 3.75. The van der Waals surface area contributed by atoms with Gasteiger partial charge in [0.05, 0.1) is 4.92 Å². The van der Waals surface area contributed by atoms with Gasteiger partial charge in [-0.05, 0) is 31.2 Å². The molecule has 0 saturated heterocycles. The predicted molar refractivity (Wildman–Crippen MR) is 93.0 cm³/mol. The quantitative estimate of drug-likeness (QED) is 0.628. The highest BCUT2D eigenvalue weighted by Crippen LogP contribution is 2.39. The summed E-state index contributed by atoms with van der Waals surface area (Å²) in [4.78, 5) is 30.7. The van der Waals surface area contributed by atoms with Crippen LogP contribution < -0.4 is 10.6 Å². The molecule has 1 unspecified atom stereocenters. The highest BCUT2D eigenvalue weighted by molar-refractivity contribution is 5.98. The molecule has 28 heavy (non-hydrogen) atoms. The van der Waals surface area contributed by atoms with Gasteiger partial charge in [-0.15, -0.1) is 0 Å². The van der Waals surface area contributed by atoms with Crippen molar-refractivity contribution >= 4 is 23.4 Å². The molecule has 8 nitrogen and oxygen atoms in total. The number of aromatic nitrogens is 2. The standard InChI is InChI=1S/C17H16F3N5O3/c1-9-6-7-11-10(8-9)14(17(18,19)20)23-16(22-11)24(15(21)26)12-4-2-3-5-13(12)25(27)28/h2-5,9H,6-8H2,1H3,(H2,21,26). The Morgan fingerprint density at radius 2 is 2.00 bits per heavy atom. The fraction of sp³-hybridized carbons (Fsp3) is 0.353. The lowest BCUT2D eigenvalue weighted by atomic mass is 9.87. The molecule has 0 bridgehead atoms. The van der Waals surface area contributed by atoms with E-state index in [1.807, 2.05) is 6.92 Å². The molecule has 1 aliphatic carbocycles. The third-order valence-electron chi connectivity index (χ3n) is 4.52. The second kappa shape index (κ2) is 7.06. The Morgan fingerprint density at radius 1 is 1.32 bits per heavy atom. The molecule has 2 aromatic rings. The van der Waals surface area contributed by atoms with Crippen LogP contribution in [0.1, 0.15) is 30.3 Å². The first kappa shape index (κ1) is 19.5. The third kappa shape index (κ3) is 3.59. The minimum Gasteiger partial charge on any atom is -0.351 e. The van der Waals surface area contributed by atoms with E-state index in [0.717, 1.165) is 6.07 Å². The van der Waals surface area contributed by atoms with Crippen molar-refractivity contribution in [3.8, 4) is 0 Å². The van der Waals surface area contributed by atoms with Gasteiger partial charge in [0.25, 0.3) is 5.69 Å². The molecular weight excluding hydrogens is 379 g/mol. The summed E-state index contributed by atoms with van der Waals surface area (Å²) in [5.74, 6) is -0.604. The summed E-state index contributed by atoms with van der Waals surface area (Å²) in [6, 6.07) is 3.82. The lowest BCUT2D eigenvalue weighted by molar-refractivity contribution is -0.384. The maximum absolute atomic E-state index is 13.6. The average molecular weight is 395 g/mol. The Kier molecular flexibility index (Phi) is 4.92. The largest absolute Gasteiger partial charge is 0.433 e. The minimum absolute atomic E-state index is 0.0121. The topological polar surface area (TPSA) is 115 Å². The molecule has 1 aromatic carbocycles. The first-order chi connectivity index (χ1) is 13.1. The lowest BCUT2D eigenvalue weighted by Crippen LogP contribution is -2.35. The van der Waals surface area contributed by atoms with Crippen molar-refractivity contribution in [3.63, 3.8) is 0 Å². The first-order valence-electron chi connectivity index (χ1n) is 8.39. The molecule has 0 saturated carbocycles. The number of carbonyl (C=O) groups excluding carboxylic acids is 1. The van der Waals surface area contributed by atoms with E-state index in [4.69, 9.17) is 5.73 Å². The Morgan fingerprint density at radius 3 is 2.61 bits per heavy atom. The fourth-order valence-electron chi connectivity index (χ4n) is 3.24. The van der Waals surface area contributed by atoms with Crippen LogP contribution in [0.3, 0.4) is 0 Å². The molecule has 2 N–H and O–H groups in total. The number of nitrogens with zero attached hydrogens (tertiary/aromatic N) is 4. The molecule has 0 fully saturated rings. The van der Waals surface area contributed by atoms with Crippen molar-refractivity contribution in [1.82, 2.24) is 9.97 Å². The van der Waals surface area contributed by atoms with Gasteiger partial charge < -0.3 is 5.73 Å². The van der Waals surface area contributed by atoms with E-state index >= 15 is 0 Å². The van der Waals surface area contributed by atoms with E-state index in [0.29, 0.717) is 11.3 Å². The monoisotopic (exact) mass is 395 g/mol. The molecule has 1 atom stereocenters. The molecule has 148 valence electrons. The number of fused-ring (bicyclic) bond motifs is 1. The highest BCUT2D eigenvalue weighted by Gasteiger charge is 2.40. The molecule has 0 spiro atoms. The number of benzene rings is 1. The van der Waals surface area contributed by atoms with Crippen LogP contribution >= 0.6 is 0 Å². The summed E-state index contributed by atoms with van der Waals surface area (Å²) in [6.45, 7) is 1.83. The summed E-state index contributed by atoms with van der Waals surface area (Å²) in [5.41, 5.74) is 3.52. The fourth-order valence-corrected chi connectivity index (χ4v) is 3.24. The smallest absolute Gasteiger partial charge is 0.351 e. The van der Waals surface area contributed by atoms with Crippen molar-refractivity contribution < 1.29 is 22.9 Å². The zero-order valence-electron chi connectivity index (χ0n) is 14.7. The number of para-hydroxylation sites is 2. The number of aryl methyl sites for hydroxylation is 1. The summed E-state index contributed by atoms with van der Waals surface area (Å²) in [5, 5.41) is 11.3. The summed E-state index contributed by atoms with van der Waals surface area (Å²) >= 11 is 0. The van der Waals surface area contributed by atoms with E-state index in [9.17, 15) is 28.1 Å². The van der Waals surface area contributed by atoms with Crippen molar-refractivity contribution in [3.05, 3.63) is 51.3 Å². The van der Waals surface area contributed by atoms with Crippen LogP contribution in [-0.4, -0.2) is 20.9 Å². The number of amides is 2. The van der Waals surface area contributed by atoms with Crippen LogP contribution in [0.5, 0.6) is 0 Å². The van der Waals surface area contributed by atoms with Crippen LogP contribution in [0.4, 0.5) is 35.3 Å². The molecule has 0 aliphatic heterocycles. The van der Waals surface area contributed by atoms with Crippen LogP contribution in [0, 0.1) is 16.0 Å². The molecule has 1 heterocycles. The molecule has 3 rings (SSSR count). The molecule has 0 radical (unpaired) electrons. The summed E-state index contributed by atoms with van der Waals surface area (Å²) in [6.07, 6.45) is -3.71. The Labute approximate surface area is 157 Å². The van der Waals surface area contributed by atoms with Gasteiger partial charge in [-0.2, -0.15) is 13.2 Å². The maximum atomic E-state index is 13.6. The number of nitro benzene ring substituents is 1. The minimum atomic E-state index is -4.77. The zero-order chi connectivity index (χ0) is 20.6. The number of urea groups is 1. The van der Waals surface area contributed by atoms with Gasteiger partial charge in [0.15, 0.2) is 5.69 Å². The number of hydrogen-bond acceptors (Lipinski definition) is 5. The number of carbonyl (C=O) groups is 1. The zero-order valence-corrected chi connectivity index (χ0v) is 14.7. The number of alkyl halides is 3. The van der Waals surface area contributed by atoms with Crippen LogP contribution in [0.25, 0.3) is 0 Å². The van der Waals surface area contributed by atoms with Crippen molar-refractivity contribution in [2.45, 2.75) is 32.4 Å². The van der Waals surface area contributed by atoms with Crippen LogP contribution in [0.2, 0.25) is 0 Å². The van der Waals surface area contributed by atoms with Crippen LogP contribution in [0.15, 0.2) is 24.3 Å². The van der Waals surface area contributed by atoms with E-state index in [1.165, 1.54) is 18.2 Å². The van der Waals surface area contributed by atoms with Gasteiger partial charge in [-0.25, -0.2) is 19.7 Å². The summed E-state index contributed by atoms with van der Waals surface area (Å²) < 4.78 is 40.9. The van der Waals surface area contributed by atoms with Gasteiger partial charge in [-0.1, -0.05) is 19.1 Å². The number of primary amides is 1. The molecule has 2 amide bonds. The second-order valence-electron chi connectivity index (χ2n) is 6.56. The maximum Gasteiger partial charge on any atom is 0.433 e. The number of rotatable bonds is 3. The number of halogens is 3. The van der Waals surface area contributed by atoms with Crippen LogP contribution in [-0.2, 0) is 19.0 Å². The molecular formula is C17H16F3N5O3. The molecule has 11 heteroatoms. The number of anilines is 2. The second-order valence-corrected chi connectivity index (χ2v) is 6.56. The van der Waals surface area contributed by atoms with Gasteiger partial charge in [0.2, 0.25) is 5.95 Å². The van der Waals surface area contributed by atoms with E-state index < -0.39 is 34.5 Å². The molecule has 1 aliphatic rings. The Balaban J connectivity index is 2.24. The third-order valence-corrected chi connectivity index (χ3v) is 4.52. The molecule has 1 aromatic heterocycles. The Bertz CT molecular complexity index is 948. The SMILES string of the molecule is CC1CCc2nc(N(C(N)=O)c3ccccc3[N+](=O)[O-])nc(C(F)(F)F)c2C1. The van der Waals surface area contributed by atoms with E-state index in [2.05, 4.69) is 9.97 Å². The number of hydrogen-bond donors (Lipinski definition) is 1. The summed E-state index contributed by atoms with van der Waals surface area (Å²) in [7, 11) is 0.